The molecule has 1 atom stereocenters. The van der Waals surface area contributed by atoms with Crippen molar-refractivity contribution in [2.75, 3.05) is 29.9 Å². The standard InChI is InChI=1S/C13H22N4/c1-4-11-15-12(14-5-2)8-13(16-11)17-7-6-10(3)9-17/h8,10H,4-7,9H2,1-3H3,(H,14,15,16). The van der Waals surface area contributed by atoms with Gasteiger partial charge in [0.15, 0.2) is 0 Å². The molecule has 2 heterocycles. The van der Waals surface area contributed by atoms with E-state index in [2.05, 4.69) is 47.0 Å². The molecule has 0 bridgehead atoms. The molecule has 0 saturated carbocycles. The summed E-state index contributed by atoms with van der Waals surface area (Å²) in [6.45, 7) is 9.62. The summed E-state index contributed by atoms with van der Waals surface area (Å²) < 4.78 is 0. The lowest BCUT2D eigenvalue weighted by Gasteiger charge is -2.18. The predicted octanol–water partition coefficient (Wildman–Crippen LogP) is 2.32. The Balaban J connectivity index is 2.23. The summed E-state index contributed by atoms with van der Waals surface area (Å²) in [7, 11) is 0. The Labute approximate surface area is 103 Å². The van der Waals surface area contributed by atoms with Gasteiger partial charge in [0, 0.05) is 32.1 Å². The monoisotopic (exact) mass is 234 g/mol. The zero-order chi connectivity index (χ0) is 12.3. The number of nitrogens with zero attached hydrogens (tertiary/aromatic N) is 3. The molecular weight excluding hydrogens is 212 g/mol. The van der Waals surface area contributed by atoms with E-state index in [1.165, 1.54) is 6.42 Å². The first-order chi connectivity index (χ1) is 8.22. The topological polar surface area (TPSA) is 41.0 Å². The number of rotatable bonds is 4. The average Bonchev–Trinajstić information content (AvgIpc) is 2.76. The van der Waals surface area contributed by atoms with E-state index in [0.29, 0.717) is 0 Å². The van der Waals surface area contributed by atoms with Gasteiger partial charge in [-0.3, -0.25) is 0 Å². The summed E-state index contributed by atoms with van der Waals surface area (Å²) >= 11 is 0. The molecule has 4 nitrogen and oxygen atoms in total. The van der Waals surface area contributed by atoms with Crippen molar-refractivity contribution in [2.45, 2.75) is 33.6 Å². The number of nitrogens with one attached hydrogen (secondary N) is 1. The van der Waals surface area contributed by atoms with Gasteiger partial charge in [0.25, 0.3) is 0 Å². The highest BCUT2D eigenvalue weighted by Gasteiger charge is 2.20. The summed E-state index contributed by atoms with van der Waals surface area (Å²) in [5, 5.41) is 3.28. The van der Waals surface area contributed by atoms with E-state index in [4.69, 9.17) is 0 Å². The minimum absolute atomic E-state index is 0.776. The molecule has 1 aromatic heterocycles. The van der Waals surface area contributed by atoms with Crippen LogP contribution in [0.4, 0.5) is 11.6 Å². The Hall–Kier alpha value is -1.32. The van der Waals surface area contributed by atoms with Gasteiger partial charge < -0.3 is 10.2 Å². The lowest BCUT2D eigenvalue weighted by Crippen LogP contribution is -2.21. The summed E-state index contributed by atoms with van der Waals surface area (Å²) in [4.78, 5) is 11.5. The van der Waals surface area contributed by atoms with E-state index >= 15 is 0 Å². The van der Waals surface area contributed by atoms with Crippen LogP contribution < -0.4 is 10.2 Å². The molecule has 1 aromatic rings. The van der Waals surface area contributed by atoms with Crippen LogP contribution in [0.15, 0.2) is 6.07 Å². The zero-order valence-corrected chi connectivity index (χ0v) is 11.0. The SMILES string of the molecule is CCNc1cc(N2CCC(C)C2)nc(CC)n1. The molecule has 1 saturated heterocycles. The fourth-order valence-corrected chi connectivity index (χ4v) is 2.22. The maximum Gasteiger partial charge on any atom is 0.134 e. The average molecular weight is 234 g/mol. The van der Waals surface area contributed by atoms with Gasteiger partial charge in [0.2, 0.25) is 0 Å². The normalized spacial score (nSPS) is 19.7. The van der Waals surface area contributed by atoms with Crippen LogP contribution in [0.3, 0.4) is 0 Å². The van der Waals surface area contributed by atoms with E-state index in [-0.39, 0.29) is 0 Å². The maximum atomic E-state index is 4.63. The van der Waals surface area contributed by atoms with Crippen LogP contribution in [0.2, 0.25) is 0 Å². The minimum Gasteiger partial charge on any atom is -0.370 e. The Bertz CT molecular complexity index is 378. The fraction of sp³-hybridized carbons (Fsp3) is 0.692. The van der Waals surface area contributed by atoms with Gasteiger partial charge in [0.05, 0.1) is 0 Å². The largest absolute Gasteiger partial charge is 0.370 e. The third-order valence-corrected chi connectivity index (χ3v) is 3.18. The Kier molecular flexibility index (Phi) is 3.82. The van der Waals surface area contributed by atoms with Crippen LogP contribution in [0.25, 0.3) is 0 Å². The molecule has 1 unspecified atom stereocenters. The second kappa shape index (κ2) is 5.34. The van der Waals surface area contributed by atoms with Crippen LogP contribution in [0.1, 0.15) is 33.0 Å². The minimum atomic E-state index is 0.776. The van der Waals surface area contributed by atoms with Gasteiger partial charge in [-0.2, -0.15) is 0 Å². The fourth-order valence-electron chi connectivity index (χ4n) is 2.22. The van der Waals surface area contributed by atoms with Crippen molar-refractivity contribution < 1.29 is 0 Å². The molecule has 1 N–H and O–H groups in total. The van der Waals surface area contributed by atoms with Crippen LogP contribution in [-0.2, 0) is 6.42 Å². The van der Waals surface area contributed by atoms with E-state index in [1.54, 1.807) is 0 Å². The molecule has 1 aliphatic rings. The molecule has 1 fully saturated rings. The third-order valence-electron chi connectivity index (χ3n) is 3.18. The second-order valence-corrected chi connectivity index (χ2v) is 4.75. The molecule has 0 aromatic carbocycles. The maximum absolute atomic E-state index is 4.63. The molecule has 0 spiro atoms. The van der Waals surface area contributed by atoms with Gasteiger partial charge in [-0.25, -0.2) is 9.97 Å². The van der Waals surface area contributed by atoms with Gasteiger partial charge in [-0.1, -0.05) is 13.8 Å². The number of aryl methyl sites for hydroxylation is 1. The first-order valence-corrected chi connectivity index (χ1v) is 6.59. The van der Waals surface area contributed by atoms with Crippen LogP contribution >= 0.6 is 0 Å². The summed E-state index contributed by atoms with van der Waals surface area (Å²) in [5.41, 5.74) is 0. The van der Waals surface area contributed by atoms with Gasteiger partial charge >= 0.3 is 0 Å². The Morgan fingerprint density at radius 2 is 2.24 bits per heavy atom. The Morgan fingerprint density at radius 1 is 1.41 bits per heavy atom. The molecule has 4 heteroatoms. The smallest absolute Gasteiger partial charge is 0.134 e. The number of hydrogen-bond acceptors (Lipinski definition) is 4. The number of anilines is 2. The van der Waals surface area contributed by atoms with Crippen molar-refractivity contribution in [1.82, 2.24) is 9.97 Å². The van der Waals surface area contributed by atoms with E-state index < -0.39 is 0 Å². The zero-order valence-electron chi connectivity index (χ0n) is 11.0. The molecule has 94 valence electrons. The molecule has 17 heavy (non-hydrogen) atoms. The molecule has 2 rings (SSSR count). The van der Waals surface area contributed by atoms with E-state index in [1.807, 2.05) is 0 Å². The lowest BCUT2D eigenvalue weighted by molar-refractivity contribution is 0.658. The first kappa shape index (κ1) is 12.1. The van der Waals surface area contributed by atoms with Crippen molar-refractivity contribution in [3.05, 3.63) is 11.9 Å². The van der Waals surface area contributed by atoms with Crippen molar-refractivity contribution in [3.63, 3.8) is 0 Å². The van der Waals surface area contributed by atoms with Crippen molar-refractivity contribution >= 4 is 11.6 Å². The Morgan fingerprint density at radius 3 is 2.82 bits per heavy atom. The van der Waals surface area contributed by atoms with Crippen LogP contribution in [0.5, 0.6) is 0 Å². The third kappa shape index (κ3) is 2.87. The number of aromatic nitrogens is 2. The van der Waals surface area contributed by atoms with Crippen LogP contribution in [-0.4, -0.2) is 29.6 Å². The van der Waals surface area contributed by atoms with E-state index in [9.17, 15) is 0 Å². The second-order valence-electron chi connectivity index (χ2n) is 4.75. The van der Waals surface area contributed by atoms with E-state index in [0.717, 1.165) is 49.4 Å². The quantitative estimate of drug-likeness (QED) is 0.868. The molecule has 0 amide bonds. The van der Waals surface area contributed by atoms with Gasteiger partial charge in [0.1, 0.15) is 17.5 Å². The first-order valence-electron chi connectivity index (χ1n) is 6.59. The highest BCUT2D eigenvalue weighted by molar-refractivity contribution is 5.50. The highest BCUT2D eigenvalue weighted by Crippen LogP contribution is 2.23. The molecule has 1 aliphatic heterocycles. The van der Waals surface area contributed by atoms with Crippen molar-refractivity contribution in [3.8, 4) is 0 Å². The predicted molar refractivity (Wildman–Crippen MR) is 71.6 cm³/mol. The highest BCUT2D eigenvalue weighted by atomic mass is 15.2. The lowest BCUT2D eigenvalue weighted by atomic mass is 10.2. The molecular formula is C13H22N4. The van der Waals surface area contributed by atoms with Gasteiger partial charge in [-0.15, -0.1) is 0 Å². The summed E-state index contributed by atoms with van der Waals surface area (Å²) in [6.07, 6.45) is 2.15. The molecule has 0 radical (unpaired) electrons. The van der Waals surface area contributed by atoms with Gasteiger partial charge in [-0.05, 0) is 19.3 Å². The summed E-state index contributed by atoms with van der Waals surface area (Å²) in [5.74, 6) is 3.74. The van der Waals surface area contributed by atoms with Crippen molar-refractivity contribution in [2.24, 2.45) is 5.92 Å². The van der Waals surface area contributed by atoms with Crippen molar-refractivity contribution in [1.29, 1.82) is 0 Å². The summed E-state index contributed by atoms with van der Waals surface area (Å²) in [6, 6.07) is 2.07. The van der Waals surface area contributed by atoms with Crippen LogP contribution in [0, 0.1) is 5.92 Å². The number of hydrogen-bond donors (Lipinski definition) is 1. The molecule has 0 aliphatic carbocycles.